The molecule has 1 atom stereocenters. The van der Waals surface area contributed by atoms with E-state index < -0.39 is 0 Å². The molecule has 1 unspecified atom stereocenters. The predicted octanol–water partition coefficient (Wildman–Crippen LogP) is 2.80. The Bertz CT molecular complexity index is 495. The van der Waals surface area contributed by atoms with Crippen LogP contribution in [0.5, 0.6) is 0 Å². The Morgan fingerprint density at radius 2 is 1.95 bits per heavy atom. The van der Waals surface area contributed by atoms with Crippen LogP contribution in [0.25, 0.3) is 0 Å². The first-order chi connectivity index (χ1) is 9.20. The zero-order valence-corrected chi connectivity index (χ0v) is 12.5. The lowest BCUT2D eigenvalue weighted by molar-refractivity contribution is 0.555. The second kappa shape index (κ2) is 6.68. The Morgan fingerprint density at radius 3 is 2.63 bits per heavy atom. The predicted molar refractivity (Wildman–Crippen MR) is 83.0 cm³/mol. The van der Waals surface area contributed by atoms with E-state index in [4.69, 9.17) is 5.73 Å². The van der Waals surface area contributed by atoms with Crippen LogP contribution >= 0.6 is 15.9 Å². The van der Waals surface area contributed by atoms with Gasteiger partial charge in [-0.05, 0) is 43.1 Å². The van der Waals surface area contributed by atoms with Gasteiger partial charge in [0.05, 0.1) is 0 Å². The molecule has 2 rings (SSSR count). The van der Waals surface area contributed by atoms with Crippen LogP contribution in [0.15, 0.2) is 47.2 Å². The van der Waals surface area contributed by atoms with Crippen LogP contribution in [-0.2, 0) is 12.8 Å². The van der Waals surface area contributed by atoms with Gasteiger partial charge in [-0.25, -0.2) is 0 Å². The number of benzene rings is 1. The van der Waals surface area contributed by atoms with Crippen LogP contribution in [0, 0.1) is 0 Å². The number of rotatable bonds is 5. The molecule has 0 radical (unpaired) electrons. The van der Waals surface area contributed by atoms with Crippen molar-refractivity contribution in [2.24, 2.45) is 0 Å². The lowest BCUT2D eigenvalue weighted by Gasteiger charge is -2.18. The minimum Gasteiger partial charge on any atom is -0.398 e. The molecule has 2 aromatic rings. The third-order valence-electron chi connectivity index (χ3n) is 3.24. The molecule has 3 N–H and O–H groups in total. The number of nitrogens with one attached hydrogen (secondary N) is 1. The molecule has 0 aliphatic heterocycles. The first-order valence-electron chi connectivity index (χ1n) is 6.29. The van der Waals surface area contributed by atoms with Crippen molar-refractivity contribution < 1.29 is 0 Å². The lowest BCUT2D eigenvalue weighted by Crippen LogP contribution is -2.30. The number of hydrogen-bond donors (Lipinski definition) is 2. The van der Waals surface area contributed by atoms with Crippen LogP contribution in [0.4, 0.5) is 5.69 Å². The summed E-state index contributed by atoms with van der Waals surface area (Å²) in [5.41, 5.74) is 9.16. The van der Waals surface area contributed by atoms with Gasteiger partial charge in [0.15, 0.2) is 0 Å². The maximum atomic E-state index is 5.97. The van der Waals surface area contributed by atoms with Gasteiger partial charge in [0.25, 0.3) is 0 Å². The monoisotopic (exact) mass is 319 g/mol. The van der Waals surface area contributed by atoms with Crippen molar-refractivity contribution in [3.63, 3.8) is 0 Å². The number of nitrogens with two attached hydrogens (primary N) is 1. The molecule has 0 spiro atoms. The van der Waals surface area contributed by atoms with Crippen LogP contribution in [0.3, 0.4) is 0 Å². The van der Waals surface area contributed by atoms with Gasteiger partial charge in [-0.1, -0.05) is 34.1 Å². The normalized spacial score (nSPS) is 12.3. The first kappa shape index (κ1) is 14.0. The molecule has 4 heteroatoms. The Hall–Kier alpha value is -1.39. The molecule has 0 amide bonds. The Labute approximate surface area is 122 Å². The second-order valence-corrected chi connectivity index (χ2v) is 5.41. The summed E-state index contributed by atoms with van der Waals surface area (Å²) < 4.78 is 1.15. The van der Waals surface area contributed by atoms with Crippen LogP contribution < -0.4 is 11.1 Å². The molecule has 100 valence electrons. The van der Waals surface area contributed by atoms with E-state index in [0.29, 0.717) is 6.04 Å². The minimum absolute atomic E-state index is 0.338. The average Bonchev–Trinajstić information content (AvgIpc) is 2.42. The molecule has 1 aromatic heterocycles. The topological polar surface area (TPSA) is 50.9 Å². The van der Waals surface area contributed by atoms with Gasteiger partial charge >= 0.3 is 0 Å². The van der Waals surface area contributed by atoms with Gasteiger partial charge in [-0.3, -0.25) is 4.98 Å². The quantitative estimate of drug-likeness (QED) is 0.891. The van der Waals surface area contributed by atoms with Crippen molar-refractivity contribution in [3.05, 3.63) is 58.3 Å². The number of halogens is 1. The Kier molecular flexibility index (Phi) is 4.93. The number of nitrogen functional groups attached to an aromatic ring is 1. The highest BCUT2D eigenvalue weighted by Crippen LogP contribution is 2.19. The zero-order valence-electron chi connectivity index (χ0n) is 10.9. The molecule has 0 aliphatic carbocycles. The lowest BCUT2D eigenvalue weighted by atomic mass is 9.99. The molecule has 0 saturated carbocycles. The van der Waals surface area contributed by atoms with Gasteiger partial charge in [-0.2, -0.15) is 0 Å². The SMILES string of the molecule is CNC(Cc1cnccc1N)Cc1ccccc1Br. The molecule has 0 fully saturated rings. The Balaban J connectivity index is 2.09. The molecule has 3 nitrogen and oxygen atoms in total. The highest BCUT2D eigenvalue weighted by atomic mass is 79.9. The minimum atomic E-state index is 0.338. The third-order valence-corrected chi connectivity index (χ3v) is 4.01. The van der Waals surface area contributed by atoms with Crippen molar-refractivity contribution in [1.29, 1.82) is 0 Å². The van der Waals surface area contributed by atoms with Gasteiger partial charge in [0, 0.05) is 28.6 Å². The van der Waals surface area contributed by atoms with E-state index in [2.05, 4.69) is 44.4 Å². The maximum Gasteiger partial charge on any atom is 0.0378 e. The van der Waals surface area contributed by atoms with Crippen LogP contribution in [0.2, 0.25) is 0 Å². The molecular weight excluding hydrogens is 302 g/mol. The number of hydrogen-bond acceptors (Lipinski definition) is 3. The van der Waals surface area contributed by atoms with E-state index in [1.54, 1.807) is 6.20 Å². The van der Waals surface area contributed by atoms with E-state index in [9.17, 15) is 0 Å². The molecule has 19 heavy (non-hydrogen) atoms. The number of likely N-dealkylation sites (N-methyl/N-ethyl adjacent to an activating group) is 1. The van der Waals surface area contributed by atoms with Crippen molar-refractivity contribution >= 4 is 21.6 Å². The molecule has 1 heterocycles. The van der Waals surface area contributed by atoms with Gasteiger partial charge in [0.2, 0.25) is 0 Å². The van der Waals surface area contributed by atoms with Crippen molar-refractivity contribution in [2.45, 2.75) is 18.9 Å². The Morgan fingerprint density at radius 1 is 1.21 bits per heavy atom. The van der Waals surface area contributed by atoms with E-state index in [0.717, 1.165) is 28.6 Å². The smallest absolute Gasteiger partial charge is 0.0378 e. The molecule has 1 aromatic carbocycles. The molecule has 0 saturated heterocycles. The second-order valence-electron chi connectivity index (χ2n) is 4.56. The fourth-order valence-electron chi connectivity index (χ4n) is 2.08. The van der Waals surface area contributed by atoms with Gasteiger partial charge in [-0.15, -0.1) is 0 Å². The highest BCUT2D eigenvalue weighted by Gasteiger charge is 2.12. The summed E-state index contributed by atoms with van der Waals surface area (Å²) in [5, 5.41) is 3.35. The molecule has 0 bridgehead atoms. The standard InChI is InChI=1S/C15H18BrN3/c1-18-13(8-11-4-2-3-5-14(11)16)9-12-10-19-7-6-15(12)17/h2-7,10,13,18H,8-9H2,1H3,(H2,17,19). The summed E-state index contributed by atoms with van der Waals surface area (Å²) >= 11 is 3.59. The summed E-state index contributed by atoms with van der Waals surface area (Å²) in [4.78, 5) is 4.14. The maximum absolute atomic E-state index is 5.97. The largest absolute Gasteiger partial charge is 0.398 e. The summed E-state index contributed by atoms with van der Waals surface area (Å²) in [6.07, 6.45) is 5.39. The fourth-order valence-corrected chi connectivity index (χ4v) is 2.53. The van der Waals surface area contributed by atoms with Crippen LogP contribution in [-0.4, -0.2) is 18.1 Å². The summed E-state index contributed by atoms with van der Waals surface area (Å²) in [5.74, 6) is 0. The molecule has 0 aliphatic rings. The first-order valence-corrected chi connectivity index (χ1v) is 7.09. The van der Waals surface area contributed by atoms with E-state index >= 15 is 0 Å². The van der Waals surface area contributed by atoms with Crippen molar-refractivity contribution in [3.8, 4) is 0 Å². The molecular formula is C15H18BrN3. The summed E-state index contributed by atoms with van der Waals surface area (Å²) in [6.45, 7) is 0. The zero-order chi connectivity index (χ0) is 13.7. The van der Waals surface area contributed by atoms with E-state index in [-0.39, 0.29) is 0 Å². The van der Waals surface area contributed by atoms with Crippen molar-refractivity contribution in [1.82, 2.24) is 10.3 Å². The van der Waals surface area contributed by atoms with E-state index in [1.807, 2.05) is 25.4 Å². The number of anilines is 1. The summed E-state index contributed by atoms with van der Waals surface area (Å²) in [7, 11) is 1.98. The van der Waals surface area contributed by atoms with Crippen molar-refractivity contribution in [2.75, 3.05) is 12.8 Å². The van der Waals surface area contributed by atoms with Gasteiger partial charge < -0.3 is 11.1 Å². The van der Waals surface area contributed by atoms with Gasteiger partial charge in [0.1, 0.15) is 0 Å². The highest BCUT2D eigenvalue weighted by molar-refractivity contribution is 9.10. The number of pyridine rings is 1. The fraction of sp³-hybridized carbons (Fsp3) is 0.267. The third kappa shape index (κ3) is 3.78. The van der Waals surface area contributed by atoms with Crippen LogP contribution in [0.1, 0.15) is 11.1 Å². The summed E-state index contributed by atoms with van der Waals surface area (Å²) in [6, 6.07) is 10.5. The number of nitrogens with zero attached hydrogens (tertiary/aromatic N) is 1. The number of aromatic nitrogens is 1. The van der Waals surface area contributed by atoms with E-state index in [1.165, 1.54) is 5.56 Å². The average molecular weight is 320 g/mol.